The monoisotopic (exact) mass is 521 g/mol. The molecule has 0 aliphatic heterocycles. The van der Waals surface area contributed by atoms with Crippen LogP contribution in [-0.2, 0) is 4.79 Å². The molecule has 0 aromatic rings. The van der Waals surface area contributed by atoms with E-state index < -0.39 is 12.1 Å². The summed E-state index contributed by atoms with van der Waals surface area (Å²) in [4.78, 5) is 12.2. The van der Waals surface area contributed by atoms with Crippen LogP contribution in [0.4, 0.5) is 0 Å². The molecule has 0 radical (unpaired) electrons. The molecule has 4 heteroatoms. The van der Waals surface area contributed by atoms with Crippen molar-refractivity contribution in [1.82, 2.24) is 5.32 Å². The first-order chi connectivity index (χ1) is 18.2. The predicted octanol–water partition coefficient (Wildman–Crippen LogP) is 8.95. The Morgan fingerprint density at radius 2 is 1.05 bits per heavy atom. The van der Waals surface area contributed by atoms with Crippen LogP contribution in [0.5, 0.6) is 0 Å². The first kappa shape index (κ1) is 35.9. The van der Waals surface area contributed by atoms with Crippen molar-refractivity contribution in [3.8, 4) is 0 Å². The largest absolute Gasteiger partial charge is 0.394 e. The highest BCUT2D eigenvalue weighted by molar-refractivity contribution is 5.76. The van der Waals surface area contributed by atoms with E-state index in [2.05, 4.69) is 31.3 Å². The van der Waals surface area contributed by atoms with Crippen molar-refractivity contribution in [2.45, 2.75) is 174 Å². The molecule has 0 bridgehead atoms. The number of aliphatic hydroxyl groups excluding tert-OH is 2. The summed E-state index contributed by atoms with van der Waals surface area (Å²) in [5, 5.41) is 22.7. The van der Waals surface area contributed by atoms with E-state index >= 15 is 0 Å². The van der Waals surface area contributed by atoms with Gasteiger partial charge in [0.05, 0.1) is 18.8 Å². The summed E-state index contributed by atoms with van der Waals surface area (Å²) in [6, 6.07) is -0.630. The zero-order valence-electron chi connectivity index (χ0n) is 24.7. The van der Waals surface area contributed by atoms with E-state index in [1.165, 1.54) is 109 Å². The zero-order valence-corrected chi connectivity index (χ0v) is 24.7. The van der Waals surface area contributed by atoms with Crippen LogP contribution < -0.4 is 5.32 Å². The highest BCUT2D eigenvalue weighted by Crippen LogP contribution is 2.12. The fourth-order valence-electron chi connectivity index (χ4n) is 4.66. The molecule has 0 aromatic carbocycles. The summed E-state index contributed by atoms with van der Waals surface area (Å²) in [6.45, 7) is 4.24. The summed E-state index contributed by atoms with van der Waals surface area (Å²) >= 11 is 0. The molecule has 0 fully saturated rings. The number of rotatable bonds is 28. The average Bonchev–Trinajstić information content (AvgIpc) is 2.90. The van der Waals surface area contributed by atoms with Gasteiger partial charge in [0.2, 0.25) is 5.91 Å². The minimum Gasteiger partial charge on any atom is -0.394 e. The van der Waals surface area contributed by atoms with Gasteiger partial charge in [-0.3, -0.25) is 4.79 Å². The number of unbranched alkanes of at least 4 members (excludes halogenated alkanes) is 19. The van der Waals surface area contributed by atoms with Crippen molar-refractivity contribution >= 4 is 5.91 Å². The minimum atomic E-state index is -0.854. The third-order valence-corrected chi connectivity index (χ3v) is 7.19. The van der Waals surface area contributed by atoms with E-state index in [-0.39, 0.29) is 12.5 Å². The Hall–Kier alpha value is -1.13. The average molecular weight is 522 g/mol. The molecule has 0 saturated heterocycles. The molecule has 0 aliphatic carbocycles. The highest BCUT2D eigenvalue weighted by atomic mass is 16.3. The lowest BCUT2D eigenvalue weighted by atomic mass is 10.1. The standard InChI is InChI=1S/C33H63NO3/c1-3-5-7-9-11-13-14-15-16-17-18-19-20-21-22-24-26-28-32(36)31(30-35)34-33(37)29-27-25-23-12-10-8-6-4-2/h20-21,26,28,31-32,35-36H,3-19,22-25,27,29-30H2,1-2H3,(H,34,37)/b21-20+,28-26+. The predicted molar refractivity (Wildman–Crippen MR) is 161 cm³/mol. The van der Waals surface area contributed by atoms with Crippen LogP contribution in [-0.4, -0.2) is 34.9 Å². The van der Waals surface area contributed by atoms with Crippen LogP contribution in [0.2, 0.25) is 0 Å². The summed E-state index contributed by atoms with van der Waals surface area (Å²) in [6.07, 6.45) is 35.5. The fourth-order valence-corrected chi connectivity index (χ4v) is 4.66. The van der Waals surface area contributed by atoms with Gasteiger partial charge in [0.25, 0.3) is 0 Å². The number of nitrogens with one attached hydrogen (secondary N) is 1. The van der Waals surface area contributed by atoms with Crippen LogP contribution in [0, 0.1) is 0 Å². The van der Waals surface area contributed by atoms with Gasteiger partial charge in [0.15, 0.2) is 0 Å². The van der Waals surface area contributed by atoms with E-state index in [4.69, 9.17) is 0 Å². The van der Waals surface area contributed by atoms with Gasteiger partial charge in [-0.15, -0.1) is 0 Å². The number of amides is 1. The van der Waals surface area contributed by atoms with Gasteiger partial charge in [-0.1, -0.05) is 147 Å². The Morgan fingerprint density at radius 1 is 0.622 bits per heavy atom. The molecule has 2 unspecified atom stereocenters. The molecule has 2 atom stereocenters. The van der Waals surface area contributed by atoms with Gasteiger partial charge < -0.3 is 15.5 Å². The van der Waals surface area contributed by atoms with E-state index in [9.17, 15) is 15.0 Å². The van der Waals surface area contributed by atoms with Crippen LogP contribution in [0.25, 0.3) is 0 Å². The highest BCUT2D eigenvalue weighted by Gasteiger charge is 2.17. The second-order valence-corrected chi connectivity index (χ2v) is 10.9. The first-order valence-corrected chi connectivity index (χ1v) is 16.1. The second-order valence-electron chi connectivity index (χ2n) is 10.9. The van der Waals surface area contributed by atoms with Gasteiger partial charge in [-0.2, -0.15) is 0 Å². The molecule has 37 heavy (non-hydrogen) atoms. The molecule has 0 rings (SSSR count). The van der Waals surface area contributed by atoms with Crippen molar-refractivity contribution in [1.29, 1.82) is 0 Å². The van der Waals surface area contributed by atoms with E-state index in [0.29, 0.717) is 6.42 Å². The molecule has 4 nitrogen and oxygen atoms in total. The number of allylic oxidation sites excluding steroid dienone is 3. The van der Waals surface area contributed by atoms with Gasteiger partial charge in [0.1, 0.15) is 0 Å². The molecule has 1 amide bonds. The van der Waals surface area contributed by atoms with Crippen molar-refractivity contribution in [3.63, 3.8) is 0 Å². The minimum absolute atomic E-state index is 0.0807. The lowest BCUT2D eigenvalue weighted by molar-refractivity contribution is -0.123. The lowest BCUT2D eigenvalue weighted by Crippen LogP contribution is -2.45. The van der Waals surface area contributed by atoms with Gasteiger partial charge in [0, 0.05) is 6.42 Å². The number of carbonyl (C=O) groups excluding carboxylic acids is 1. The summed E-state index contributed by atoms with van der Waals surface area (Å²) in [5.74, 6) is -0.0807. The Kier molecular flexibility index (Phi) is 28.5. The van der Waals surface area contributed by atoms with E-state index in [0.717, 1.165) is 32.1 Å². The quantitative estimate of drug-likeness (QED) is 0.0711. The topological polar surface area (TPSA) is 69.6 Å². The molecule has 0 heterocycles. The molecule has 0 spiro atoms. The van der Waals surface area contributed by atoms with Crippen LogP contribution >= 0.6 is 0 Å². The third kappa shape index (κ3) is 26.3. The number of carbonyl (C=O) groups is 1. The maximum absolute atomic E-state index is 12.2. The molecule has 218 valence electrons. The first-order valence-electron chi connectivity index (χ1n) is 16.1. The van der Waals surface area contributed by atoms with Crippen LogP contribution in [0.3, 0.4) is 0 Å². The van der Waals surface area contributed by atoms with E-state index in [1.807, 2.05) is 6.08 Å². The molecular weight excluding hydrogens is 458 g/mol. The Balaban J connectivity index is 3.69. The third-order valence-electron chi connectivity index (χ3n) is 7.19. The number of aliphatic hydroxyl groups is 2. The molecular formula is C33H63NO3. The van der Waals surface area contributed by atoms with Gasteiger partial charge in [-0.25, -0.2) is 0 Å². The van der Waals surface area contributed by atoms with E-state index in [1.54, 1.807) is 6.08 Å². The molecule has 0 aliphatic rings. The fraction of sp³-hybridized carbons (Fsp3) is 0.848. The lowest BCUT2D eigenvalue weighted by Gasteiger charge is -2.19. The van der Waals surface area contributed by atoms with Gasteiger partial charge in [-0.05, 0) is 32.1 Å². The number of hydrogen-bond acceptors (Lipinski definition) is 3. The second kappa shape index (κ2) is 29.4. The van der Waals surface area contributed by atoms with Crippen molar-refractivity contribution < 1.29 is 15.0 Å². The maximum atomic E-state index is 12.2. The van der Waals surface area contributed by atoms with Crippen molar-refractivity contribution in [2.75, 3.05) is 6.61 Å². The van der Waals surface area contributed by atoms with Gasteiger partial charge >= 0.3 is 0 Å². The van der Waals surface area contributed by atoms with Crippen molar-refractivity contribution in [2.24, 2.45) is 0 Å². The smallest absolute Gasteiger partial charge is 0.220 e. The van der Waals surface area contributed by atoms with Crippen LogP contribution in [0.1, 0.15) is 162 Å². The maximum Gasteiger partial charge on any atom is 0.220 e. The summed E-state index contributed by atoms with van der Waals surface area (Å²) in [5.41, 5.74) is 0. The Bertz CT molecular complexity index is 532. The Labute approximate surface area is 230 Å². The molecule has 0 aromatic heterocycles. The normalized spacial score (nSPS) is 13.5. The van der Waals surface area contributed by atoms with Crippen molar-refractivity contribution in [3.05, 3.63) is 24.3 Å². The molecule has 3 N–H and O–H groups in total. The Morgan fingerprint density at radius 3 is 1.57 bits per heavy atom. The SMILES string of the molecule is CCCCCCCCCCCCC/C=C/CC/C=C/C(O)C(CO)NC(=O)CCCCCCCCCC. The number of hydrogen-bond donors (Lipinski definition) is 3. The van der Waals surface area contributed by atoms with Crippen LogP contribution in [0.15, 0.2) is 24.3 Å². The summed E-state index contributed by atoms with van der Waals surface area (Å²) < 4.78 is 0. The molecule has 0 saturated carbocycles. The summed E-state index contributed by atoms with van der Waals surface area (Å²) in [7, 11) is 0. The zero-order chi connectivity index (χ0) is 27.2.